The number of nitrogens with zero attached hydrogens (tertiary/aromatic N) is 3. The molecule has 0 unspecified atom stereocenters. The van der Waals surface area contributed by atoms with E-state index in [0.717, 1.165) is 11.1 Å². The predicted octanol–water partition coefficient (Wildman–Crippen LogP) is 4.83. The molecule has 0 aliphatic carbocycles. The van der Waals surface area contributed by atoms with Gasteiger partial charge in [0.25, 0.3) is 5.89 Å². The van der Waals surface area contributed by atoms with E-state index in [2.05, 4.69) is 15.5 Å². The van der Waals surface area contributed by atoms with Gasteiger partial charge in [0, 0.05) is 28.4 Å². The van der Waals surface area contributed by atoms with Crippen LogP contribution in [-0.2, 0) is 17.9 Å². The lowest BCUT2D eigenvalue weighted by atomic mass is 10.2. The second-order valence-corrected chi connectivity index (χ2v) is 7.17. The minimum Gasteiger partial charge on any atom is -0.350 e. The van der Waals surface area contributed by atoms with Crippen molar-refractivity contribution in [1.82, 2.24) is 20.0 Å². The minimum absolute atomic E-state index is 0.113. The number of nitrogens with one attached hydrogen (secondary N) is 1. The van der Waals surface area contributed by atoms with E-state index in [-0.39, 0.29) is 12.5 Å². The topological polar surface area (TPSA) is 73.0 Å². The SMILES string of the molecule is O=C(Cn1cccc1-c1nc(-c2cccc(Cl)c2)no1)NCc1ccccc1Cl. The summed E-state index contributed by atoms with van der Waals surface area (Å²) in [5, 5.41) is 8.09. The van der Waals surface area contributed by atoms with Crippen LogP contribution < -0.4 is 5.32 Å². The molecule has 29 heavy (non-hydrogen) atoms. The van der Waals surface area contributed by atoms with E-state index in [1.165, 1.54) is 0 Å². The normalized spacial score (nSPS) is 10.8. The zero-order valence-corrected chi connectivity index (χ0v) is 16.7. The van der Waals surface area contributed by atoms with Gasteiger partial charge in [-0.25, -0.2) is 0 Å². The van der Waals surface area contributed by atoms with Crippen LogP contribution in [0.1, 0.15) is 5.56 Å². The second kappa shape index (κ2) is 8.51. The van der Waals surface area contributed by atoms with Crippen LogP contribution >= 0.6 is 23.2 Å². The highest BCUT2D eigenvalue weighted by molar-refractivity contribution is 6.31. The highest BCUT2D eigenvalue weighted by atomic mass is 35.5. The van der Waals surface area contributed by atoms with E-state index in [1.807, 2.05) is 42.5 Å². The van der Waals surface area contributed by atoms with Crippen LogP contribution in [0, 0.1) is 0 Å². The Balaban J connectivity index is 1.46. The molecule has 6 nitrogen and oxygen atoms in total. The molecular formula is C21H16Cl2N4O2. The van der Waals surface area contributed by atoms with E-state index in [0.29, 0.717) is 34.0 Å². The Bertz CT molecular complexity index is 1150. The maximum atomic E-state index is 12.4. The maximum absolute atomic E-state index is 12.4. The van der Waals surface area contributed by atoms with Crippen molar-refractivity contribution in [2.24, 2.45) is 0 Å². The Kier molecular flexibility index (Phi) is 5.64. The molecule has 0 aliphatic heterocycles. The van der Waals surface area contributed by atoms with Gasteiger partial charge in [0.2, 0.25) is 11.7 Å². The van der Waals surface area contributed by atoms with E-state index < -0.39 is 0 Å². The Morgan fingerprint density at radius 3 is 2.76 bits per heavy atom. The van der Waals surface area contributed by atoms with Crippen LogP contribution in [0.15, 0.2) is 71.4 Å². The van der Waals surface area contributed by atoms with Gasteiger partial charge in [-0.2, -0.15) is 4.98 Å². The van der Waals surface area contributed by atoms with E-state index in [9.17, 15) is 4.79 Å². The summed E-state index contributed by atoms with van der Waals surface area (Å²) in [7, 11) is 0. The van der Waals surface area contributed by atoms with Crippen molar-refractivity contribution < 1.29 is 9.32 Å². The number of halogens is 2. The molecule has 0 saturated carbocycles. The molecule has 8 heteroatoms. The summed E-state index contributed by atoms with van der Waals surface area (Å²) in [6.45, 7) is 0.468. The average molecular weight is 427 g/mol. The molecule has 2 aromatic carbocycles. The molecule has 4 aromatic rings. The molecule has 0 saturated heterocycles. The number of hydrogen-bond donors (Lipinski definition) is 1. The fraction of sp³-hybridized carbons (Fsp3) is 0.0952. The fourth-order valence-corrected chi connectivity index (χ4v) is 3.26. The number of aromatic nitrogens is 3. The van der Waals surface area contributed by atoms with Crippen LogP contribution in [0.3, 0.4) is 0 Å². The molecule has 0 spiro atoms. The average Bonchev–Trinajstić information content (AvgIpc) is 3.37. The van der Waals surface area contributed by atoms with Gasteiger partial charge in [0.15, 0.2) is 0 Å². The van der Waals surface area contributed by atoms with E-state index >= 15 is 0 Å². The van der Waals surface area contributed by atoms with Crippen molar-refractivity contribution in [2.45, 2.75) is 13.1 Å². The number of rotatable bonds is 6. The summed E-state index contributed by atoms with van der Waals surface area (Å²) in [6.07, 6.45) is 1.79. The molecule has 146 valence electrons. The number of hydrogen-bond acceptors (Lipinski definition) is 4. The van der Waals surface area contributed by atoms with Crippen molar-refractivity contribution in [2.75, 3.05) is 0 Å². The first-order chi connectivity index (χ1) is 14.1. The smallest absolute Gasteiger partial charge is 0.274 e. The van der Waals surface area contributed by atoms with Crippen molar-refractivity contribution in [3.05, 3.63) is 82.5 Å². The second-order valence-electron chi connectivity index (χ2n) is 6.32. The number of amides is 1. The highest BCUT2D eigenvalue weighted by Gasteiger charge is 2.15. The first-order valence-corrected chi connectivity index (χ1v) is 9.61. The van der Waals surface area contributed by atoms with Crippen molar-refractivity contribution in [3.63, 3.8) is 0 Å². The molecule has 2 aromatic heterocycles. The fourth-order valence-electron chi connectivity index (χ4n) is 2.86. The van der Waals surface area contributed by atoms with Crippen LogP contribution in [0.2, 0.25) is 10.0 Å². The molecule has 0 aliphatic rings. The summed E-state index contributed by atoms with van der Waals surface area (Å²) in [5.41, 5.74) is 2.26. The van der Waals surface area contributed by atoms with Gasteiger partial charge in [-0.05, 0) is 35.9 Å². The zero-order valence-electron chi connectivity index (χ0n) is 15.2. The summed E-state index contributed by atoms with van der Waals surface area (Å²) in [6, 6.07) is 18.2. The number of benzene rings is 2. The molecule has 0 bridgehead atoms. The largest absolute Gasteiger partial charge is 0.350 e. The third kappa shape index (κ3) is 4.50. The number of carbonyl (C=O) groups is 1. The van der Waals surface area contributed by atoms with Gasteiger partial charge in [-0.1, -0.05) is 58.7 Å². The highest BCUT2D eigenvalue weighted by Crippen LogP contribution is 2.24. The molecule has 0 atom stereocenters. The molecule has 2 heterocycles. The van der Waals surface area contributed by atoms with Crippen LogP contribution in [0.25, 0.3) is 23.0 Å². The Labute approximate surface area is 177 Å². The maximum Gasteiger partial charge on any atom is 0.274 e. The van der Waals surface area contributed by atoms with E-state index in [4.69, 9.17) is 27.7 Å². The quantitative estimate of drug-likeness (QED) is 0.479. The first-order valence-electron chi connectivity index (χ1n) is 8.85. The zero-order chi connectivity index (χ0) is 20.2. The standard InChI is InChI=1S/C21H16Cl2N4O2/c22-16-7-3-6-14(11-16)20-25-21(29-26-20)18-9-4-10-27(18)13-19(28)24-12-15-5-1-2-8-17(15)23/h1-11H,12-13H2,(H,24,28). The van der Waals surface area contributed by atoms with Gasteiger partial charge in [-0.15, -0.1) is 0 Å². The van der Waals surface area contributed by atoms with Gasteiger partial charge in [0.1, 0.15) is 12.2 Å². The first kappa shape index (κ1) is 19.2. The van der Waals surface area contributed by atoms with E-state index in [1.54, 1.807) is 29.0 Å². The monoisotopic (exact) mass is 426 g/mol. The van der Waals surface area contributed by atoms with Gasteiger partial charge in [-0.3, -0.25) is 4.79 Å². The lowest BCUT2D eigenvalue weighted by Crippen LogP contribution is -2.27. The molecular weight excluding hydrogens is 411 g/mol. The summed E-state index contributed by atoms with van der Waals surface area (Å²) in [5.74, 6) is 0.597. The lowest BCUT2D eigenvalue weighted by molar-refractivity contribution is -0.121. The van der Waals surface area contributed by atoms with Gasteiger partial charge in [0.05, 0.1) is 0 Å². The predicted molar refractivity (Wildman–Crippen MR) is 111 cm³/mol. The van der Waals surface area contributed by atoms with Crippen molar-refractivity contribution >= 4 is 29.1 Å². The van der Waals surface area contributed by atoms with Gasteiger partial charge >= 0.3 is 0 Å². The third-order valence-electron chi connectivity index (χ3n) is 4.31. The van der Waals surface area contributed by atoms with Crippen LogP contribution in [0.5, 0.6) is 0 Å². The summed E-state index contributed by atoms with van der Waals surface area (Å²) >= 11 is 12.2. The van der Waals surface area contributed by atoms with Crippen molar-refractivity contribution in [3.8, 4) is 23.0 Å². The molecule has 0 fully saturated rings. The molecule has 0 radical (unpaired) electrons. The number of carbonyl (C=O) groups excluding carboxylic acids is 1. The lowest BCUT2D eigenvalue weighted by Gasteiger charge is -2.09. The van der Waals surface area contributed by atoms with Crippen LogP contribution in [-0.4, -0.2) is 20.6 Å². The Morgan fingerprint density at radius 2 is 1.93 bits per heavy atom. The molecule has 4 rings (SSSR count). The summed E-state index contributed by atoms with van der Waals surface area (Å²) in [4.78, 5) is 16.8. The third-order valence-corrected chi connectivity index (χ3v) is 4.91. The summed E-state index contributed by atoms with van der Waals surface area (Å²) < 4.78 is 7.14. The van der Waals surface area contributed by atoms with Crippen LogP contribution in [0.4, 0.5) is 0 Å². The molecule has 1 amide bonds. The minimum atomic E-state index is -0.156. The van der Waals surface area contributed by atoms with Gasteiger partial charge < -0.3 is 14.4 Å². The Morgan fingerprint density at radius 1 is 1.07 bits per heavy atom. The Hall–Kier alpha value is -3.09. The molecule has 1 N–H and O–H groups in total. The van der Waals surface area contributed by atoms with Crippen molar-refractivity contribution in [1.29, 1.82) is 0 Å².